The molecule has 20 heavy (non-hydrogen) atoms. The maximum absolute atomic E-state index is 12.5. The zero-order chi connectivity index (χ0) is 14.1. The summed E-state index contributed by atoms with van der Waals surface area (Å²) < 4.78 is 0. The first-order valence-corrected chi connectivity index (χ1v) is 8.47. The predicted octanol–water partition coefficient (Wildman–Crippen LogP) is 1.81. The molecule has 1 amide bonds. The van der Waals surface area contributed by atoms with Gasteiger partial charge in [0.05, 0.1) is 12.2 Å². The van der Waals surface area contributed by atoms with Crippen LogP contribution in [0.5, 0.6) is 0 Å². The molecule has 2 aliphatic carbocycles. The second kappa shape index (κ2) is 6.02. The van der Waals surface area contributed by atoms with Crippen molar-refractivity contribution in [2.45, 2.75) is 70.1 Å². The molecule has 0 aromatic heterocycles. The molecule has 2 atom stereocenters. The number of likely N-dealkylation sites (N-methyl/N-ethyl adjacent to an activating group) is 1. The van der Waals surface area contributed by atoms with Crippen LogP contribution < -0.4 is 5.32 Å². The molecule has 1 heterocycles. The van der Waals surface area contributed by atoms with Crippen molar-refractivity contribution in [1.29, 1.82) is 0 Å². The van der Waals surface area contributed by atoms with E-state index >= 15 is 0 Å². The van der Waals surface area contributed by atoms with Gasteiger partial charge in [0.15, 0.2) is 0 Å². The lowest BCUT2D eigenvalue weighted by Gasteiger charge is -2.30. The standard InChI is InChI=1S/C16H29N3O/c1-3-14-16(20)19(11-10-18(2)13-8-9-13)15(17-14)12-6-4-5-7-12/h12-15,17H,3-11H2,1-2H3. The molecule has 1 saturated heterocycles. The van der Waals surface area contributed by atoms with E-state index < -0.39 is 0 Å². The first-order valence-electron chi connectivity index (χ1n) is 8.47. The minimum Gasteiger partial charge on any atom is -0.324 e. The molecule has 114 valence electrons. The summed E-state index contributed by atoms with van der Waals surface area (Å²) >= 11 is 0. The maximum atomic E-state index is 12.5. The van der Waals surface area contributed by atoms with Gasteiger partial charge in [-0.05, 0) is 45.1 Å². The van der Waals surface area contributed by atoms with Gasteiger partial charge >= 0.3 is 0 Å². The van der Waals surface area contributed by atoms with Gasteiger partial charge < -0.3 is 9.80 Å². The summed E-state index contributed by atoms with van der Waals surface area (Å²) in [4.78, 5) is 17.1. The van der Waals surface area contributed by atoms with Gasteiger partial charge in [0.1, 0.15) is 0 Å². The molecule has 0 bridgehead atoms. The molecule has 3 rings (SSSR count). The van der Waals surface area contributed by atoms with Crippen LogP contribution in [0.4, 0.5) is 0 Å². The van der Waals surface area contributed by atoms with E-state index in [1.807, 2.05) is 0 Å². The third-order valence-corrected chi connectivity index (χ3v) is 5.41. The van der Waals surface area contributed by atoms with Crippen LogP contribution in [0.1, 0.15) is 51.9 Å². The number of rotatable bonds is 6. The molecular weight excluding hydrogens is 250 g/mol. The molecule has 0 radical (unpaired) electrons. The van der Waals surface area contributed by atoms with E-state index in [9.17, 15) is 4.79 Å². The average Bonchev–Trinajstić information content (AvgIpc) is 3.07. The minimum absolute atomic E-state index is 0.0619. The normalized spacial score (nSPS) is 31.8. The summed E-state index contributed by atoms with van der Waals surface area (Å²) in [6.07, 6.45) is 9.15. The van der Waals surface area contributed by atoms with E-state index in [2.05, 4.69) is 29.1 Å². The largest absolute Gasteiger partial charge is 0.324 e. The van der Waals surface area contributed by atoms with Gasteiger partial charge in [-0.2, -0.15) is 0 Å². The van der Waals surface area contributed by atoms with Crippen LogP contribution in [0.3, 0.4) is 0 Å². The average molecular weight is 279 g/mol. The van der Waals surface area contributed by atoms with E-state index in [1.165, 1.54) is 38.5 Å². The first-order chi connectivity index (χ1) is 9.70. The number of carbonyl (C=O) groups excluding carboxylic acids is 1. The summed E-state index contributed by atoms with van der Waals surface area (Å²) in [5.74, 6) is 1.02. The summed E-state index contributed by atoms with van der Waals surface area (Å²) in [6.45, 7) is 4.04. The van der Waals surface area contributed by atoms with Gasteiger partial charge in [-0.15, -0.1) is 0 Å². The molecule has 3 fully saturated rings. The lowest BCUT2D eigenvalue weighted by molar-refractivity contribution is -0.130. The van der Waals surface area contributed by atoms with Crippen molar-refractivity contribution in [2.75, 3.05) is 20.1 Å². The highest BCUT2D eigenvalue weighted by Crippen LogP contribution is 2.32. The summed E-state index contributed by atoms with van der Waals surface area (Å²) in [7, 11) is 2.20. The molecule has 1 N–H and O–H groups in total. The monoisotopic (exact) mass is 279 g/mol. The smallest absolute Gasteiger partial charge is 0.241 e. The maximum Gasteiger partial charge on any atom is 0.241 e. The Morgan fingerprint density at radius 2 is 1.95 bits per heavy atom. The SMILES string of the molecule is CCC1NC(C2CCCC2)N(CCN(C)C2CC2)C1=O. The van der Waals surface area contributed by atoms with Gasteiger partial charge in [-0.25, -0.2) is 0 Å². The summed E-state index contributed by atoms with van der Waals surface area (Å²) in [5.41, 5.74) is 0. The predicted molar refractivity (Wildman–Crippen MR) is 80.3 cm³/mol. The molecule has 2 saturated carbocycles. The number of nitrogens with one attached hydrogen (secondary N) is 1. The summed E-state index contributed by atoms with van der Waals surface area (Å²) in [6, 6.07) is 0.847. The molecule has 0 aromatic carbocycles. The fourth-order valence-corrected chi connectivity index (χ4v) is 3.87. The zero-order valence-electron chi connectivity index (χ0n) is 13.0. The highest BCUT2D eigenvalue weighted by atomic mass is 16.2. The first kappa shape index (κ1) is 14.3. The molecular formula is C16H29N3O. The van der Waals surface area contributed by atoms with Crippen molar-refractivity contribution in [3.8, 4) is 0 Å². The van der Waals surface area contributed by atoms with Crippen LogP contribution in [0.25, 0.3) is 0 Å². The summed E-state index contributed by atoms with van der Waals surface area (Å²) in [5, 5.41) is 3.61. The minimum atomic E-state index is 0.0619. The fourth-order valence-electron chi connectivity index (χ4n) is 3.87. The van der Waals surface area contributed by atoms with Gasteiger partial charge in [-0.1, -0.05) is 19.8 Å². The second-order valence-corrected chi connectivity index (χ2v) is 6.86. The van der Waals surface area contributed by atoms with E-state index in [0.29, 0.717) is 18.0 Å². The Morgan fingerprint density at radius 3 is 2.55 bits per heavy atom. The van der Waals surface area contributed by atoms with Crippen molar-refractivity contribution in [3.05, 3.63) is 0 Å². The molecule has 0 spiro atoms. The van der Waals surface area contributed by atoms with Crippen molar-refractivity contribution >= 4 is 5.91 Å². The van der Waals surface area contributed by atoms with E-state index in [1.54, 1.807) is 0 Å². The van der Waals surface area contributed by atoms with Gasteiger partial charge in [0, 0.05) is 19.1 Å². The Balaban J connectivity index is 1.61. The Bertz CT molecular complexity index is 350. The molecule has 4 nitrogen and oxygen atoms in total. The van der Waals surface area contributed by atoms with Crippen molar-refractivity contribution in [3.63, 3.8) is 0 Å². The van der Waals surface area contributed by atoms with Gasteiger partial charge in [-0.3, -0.25) is 10.1 Å². The Kier molecular flexibility index (Phi) is 4.32. The number of amides is 1. The van der Waals surface area contributed by atoms with Crippen molar-refractivity contribution in [1.82, 2.24) is 15.1 Å². The number of carbonyl (C=O) groups is 1. The Hall–Kier alpha value is -0.610. The van der Waals surface area contributed by atoms with E-state index in [-0.39, 0.29) is 6.04 Å². The highest BCUT2D eigenvalue weighted by molar-refractivity contribution is 5.84. The molecule has 0 aromatic rings. The van der Waals surface area contributed by atoms with E-state index in [0.717, 1.165) is 25.6 Å². The van der Waals surface area contributed by atoms with Crippen LogP contribution in [0.2, 0.25) is 0 Å². The Morgan fingerprint density at radius 1 is 1.25 bits per heavy atom. The number of hydrogen-bond acceptors (Lipinski definition) is 3. The number of hydrogen-bond donors (Lipinski definition) is 1. The van der Waals surface area contributed by atoms with Crippen LogP contribution in [-0.4, -0.2) is 54.1 Å². The quantitative estimate of drug-likeness (QED) is 0.805. The lowest BCUT2D eigenvalue weighted by Crippen LogP contribution is -2.45. The highest BCUT2D eigenvalue weighted by Gasteiger charge is 2.42. The van der Waals surface area contributed by atoms with Crippen molar-refractivity contribution < 1.29 is 4.79 Å². The van der Waals surface area contributed by atoms with Crippen LogP contribution >= 0.6 is 0 Å². The second-order valence-electron chi connectivity index (χ2n) is 6.86. The van der Waals surface area contributed by atoms with Crippen LogP contribution in [0, 0.1) is 5.92 Å². The Labute approximate surface area is 122 Å². The van der Waals surface area contributed by atoms with Gasteiger partial charge in [0.2, 0.25) is 5.91 Å². The molecule has 2 unspecified atom stereocenters. The fraction of sp³-hybridized carbons (Fsp3) is 0.938. The lowest BCUT2D eigenvalue weighted by atomic mass is 10.0. The van der Waals surface area contributed by atoms with Crippen LogP contribution in [-0.2, 0) is 4.79 Å². The topological polar surface area (TPSA) is 35.6 Å². The number of nitrogens with zero attached hydrogens (tertiary/aromatic N) is 2. The zero-order valence-corrected chi connectivity index (χ0v) is 13.0. The third kappa shape index (κ3) is 2.86. The third-order valence-electron chi connectivity index (χ3n) is 5.41. The van der Waals surface area contributed by atoms with Crippen molar-refractivity contribution in [2.24, 2.45) is 5.92 Å². The van der Waals surface area contributed by atoms with Gasteiger partial charge in [0.25, 0.3) is 0 Å². The molecule has 3 aliphatic rings. The van der Waals surface area contributed by atoms with Crippen LogP contribution in [0.15, 0.2) is 0 Å². The van der Waals surface area contributed by atoms with E-state index in [4.69, 9.17) is 0 Å². The molecule has 4 heteroatoms. The molecule has 1 aliphatic heterocycles.